The molecular formula is C22H27N5O3S. The van der Waals surface area contributed by atoms with Crippen molar-refractivity contribution < 1.29 is 13.2 Å². The minimum Gasteiger partial charge on any atom is -0.377 e. The number of fused-ring (bicyclic) bond motifs is 1. The predicted molar refractivity (Wildman–Crippen MR) is 119 cm³/mol. The van der Waals surface area contributed by atoms with Crippen molar-refractivity contribution in [2.45, 2.75) is 44.4 Å². The standard InChI is InChI=1S/C22H27N5O3S/c1-15-14-30-11-10-26(15)20-13-19(22(3)9-6-12-31(22,28)29)24-21(25-20)27-16(2)23-17-7-4-5-8-18(17)27/h4-5,7-8,13,15H,6,9-12,14H2,1-3H3/t15-,22+/m1/s1. The van der Waals surface area contributed by atoms with Gasteiger partial charge in [0.1, 0.15) is 16.4 Å². The summed E-state index contributed by atoms with van der Waals surface area (Å²) >= 11 is 0. The van der Waals surface area contributed by atoms with E-state index in [0.717, 1.165) is 22.7 Å². The number of anilines is 1. The maximum atomic E-state index is 13.0. The molecule has 2 aromatic heterocycles. The number of hydrogen-bond acceptors (Lipinski definition) is 7. The van der Waals surface area contributed by atoms with Gasteiger partial charge in [0.25, 0.3) is 0 Å². The van der Waals surface area contributed by atoms with E-state index in [0.29, 0.717) is 44.2 Å². The molecule has 8 nitrogen and oxygen atoms in total. The summed E-state index contributed by atoms with van der Waals surface area (Å²) in [5.41, 5.74) is 2.31. The van der Waals surface area contributed by atoms with Crippen molar-refractivity contribution >= 4 is 26.7 Å². The Bertz CT molecular complexity index is 1260. The van der Waals surface area contributed by atoms with E-state index in [4.69, 9.17) is 14.7 Å². The van der Waals surface area contributed by atoms with E-state index in [1.807, 2.05) is 41.8 Å². The highest BCUT2D eigenvalue weighted by molar-refractivity contribution is 7.92. The molecule has 0 unspecified atom stereocenters. The number of ether oxygens (including phenoxy) is 1. The second-order valence-corrected chi connectivity index (χ2v) is 11.2. The van der Waals surface area contributed by atoms with Gasteiger partial charge in [-0.05, 0) is 45.7 Å². The average molecular weight is 442 g/mol. The fourth-order valence-electron chi connectivity index (χ4n) is 4.67. The summed E-state index contributed by atoms with van der Waals surface area (Å²) in [7, 11) is -3.30. The molecule has 0 spiro atoms. The van der Waals surface area contributed by atoms with Crippen LogP contribution in [0.5, 0.6) is 0 Å². The lowest BCUT2D eigenvalue weighted by Crippen LogP contribution is -2.44. The second-order valence-electron chi connectivity index (χ2n) is 8.67. The van der Waals surface area contributed by atoms with Gasteiger partial charge in [-0.15, -0.1) is 0 Å². The van der Waals surface area contributed by atoms with Crippen LogP contribution in [0, 0.1) is 6.92 Å². The highest BCUT2D eigenvalue weighted by Gasteiger charge is 2.47. The van der Waals surface area contributed by atoms with Crippen LogP contribution in [-0.4, -0.2) is 59.5 Å². The van der Waals surface area contributed by atoms with Gasteiger partial charge in [0.15, 0.2) is 9.84 Å². The summed E-state index contributed by atoms with van der Waals surface area (Å²) in [6.07, 6.45) is 1.21. The Morgan fingerprint density at radius 1 is 1.19 bits per heavy atom. The normalized spacial score (nSPS) is 25.9. The number of morpholine rings is 1. The Hall–Kier alpha value is -2.52. The average Bonchev–Trinajstić information content (AvgIpc) is 3.23. The molecule has 3 aromatic rings. The number of imidazole rings is 1. The van der Waals surface area contributed by atoms with Crippen LogP contribution in [0.1, 0.15) is 38.2 Å². The molecule has 0 amide bonds. The van der Waals surface area contributed by atoms with Gasteiger partial charge in [-0.25, -0.2) is 18.4 Å². The minimum atomic E-state index is -3.30. The number of para-hydroxylation sites is 2. The van der Waals surface area contributed by atoms with E-state index in [9.17, 15) is 8.42 Å². The molecule has 5 rings (SSSR count). The molecule has 2 fully saturated rings. The molecule has 1 aromatic carbocycles. The first-order chi connectivity index (χ1) is 14.8. The van der Waals surface area contributed by atoms with Crippen molar-refractivity contribution in [3.8, 4) is 5.95 Å². The fourth-order valence-corrected chi connectivity index (χ4v) is 6.53. The smallest absolute Gasteiger partial charge is 0.237 e. The Morgan fingerprint density at radius 2 is 2.00 bits per heavy atom. The van der Waals surface area contributed by atoms with Crippen LogP contribution < -0.4 is 4.90 Å². The number of nitrogens with zero attached hydrogens (tertiary/aromatic N) is 5. The van der Waals surface area contributed by atoms with Crippen LogP contribution in [0.4, 0.5) is 5.82 Å². The number of rotatable bonds is 3. The van der Waals surface area contributed by atoms with E-state index >= 15 is 0 Å². The number of hydrogen-bond donors (Lipinski definition) is 0. The molecule has 2 aliphatic rings. The first kappa shape index (κ1) is 20.4. The quantitative estimate of drug-likeness (QED) is 0.617. The van der Waals surface area contributed by atoms with Gasteiger partial charge in [0.05, 0.1) is 41.7 Å². The molecule has 164 valence electrons. The minimum absolute atomic E-state index is 0.137. The lowest BCUT2D eigenvalue weighted by Gasteiger charge is -2.35. The molecule has 0 saturated carbocycles. The van der Waals surface area contributed by atoms with Gasteiger partial charge < -0.3 is 9.64 Å². The lowest BCUT2D eigenvalue weighted by atomic mass is 10.0. The van der Waals surface area contributed by atoms with Crippen LogP contribution in [0.2, 0.25) is 0 Å². The summed E-state index contributed by atoms with van der Waals surface area (Å²) in [5.74, 6) is 2.15. The first-order valence-corrected chi connectivity index (χ1v) is 12.4. The van der Waals surface area contributed by atoms with Crippen LogP contribution in [0.25, 0.3) is 17.0 Å². The van der Waals surface area contributed by atoms with E-state index in [1.54, 1.807) is 6.92 Å². The third-order valence-electron chi connectivity index (χ3n) is 6.59. The maximum Gasteiger partial charge on any atom is 0.237 e. The molecule has 2 aliphatic heterocycles. The van der Waals surface area contributed by atoms with Crippen LogP contribution in [0.3, 0.4) is 0 Å². The SMILES string of the molecule is Cc1nc2ccccc2n1-c1nc(N2CCOC[C@H]2C)cc([C@]2(C)CCCS2(=O)=O)n1. The molecule has 4 heterocycles. The molecule has 2 saturated heterocycles. The van der Waals surface area contributed by atoms with Crippen molar-refractivity contribution in [3.63, 3.8) is 0 Å². The summed E-state index contributed by atoms with van der Waals surface area (Å²) in [6.45, 7) is 7.73. The van der Waals surface area contributed by atoms with Crippen LogP contribution >= 0.6 is 0 Å². The lowest BCUT2D eigenvalue weighted by molar-refractivity contribution is 0.0985. The van der Waals surface area contributed by atoms with E-state index in [-0.39, 0.29) is 11.8 Å². The molecule has 0 radical (unpaired) electrons. The molecule has 0 N–H and O–H groups in total. The van der Waals surface area contributed by atoms with Gasteiger partial charge in [0, 0.05) is 12.6 Å². The molecular weight excluding hydrogens is 414 g/mol. The van der Waals surface area contributed by atoms with Crippen LogP contribution in [0.15, 0.2) is 30.3 Å². The first-order valence-electron chi connectivity index (χ1n) is 10.7. The van der Waals surface area contributed by atoms with Crippen molar-refractivity contribution in [2.75, 3.05) is 30.4 Å². The highest BCUT2D eigenvalue weighted by Crippen LogP contribution is 2.41. The van der Waals surface area contributed by atoms with Crippen molar-refractivity contribution in [2.24, 2.45) is 0 Å². The maximum absolute atomic E-state index is 13.0. The molecule has 0 aliphatic carbocycles. The Balaban J connectivity index is 1.75. The summed E-state index contributed by atoms with van der Waals surface area (Å²) in [4.78, 5) is 16.6. The fraction of sp³-hybridized carbons (Fsp3) is 0.500. The van der Waals surface area contributed by atoms with Gasteiger partial charge in [-0.3, -0.25) is 4.57 Å². The largest absolute Gasteiger partial charge is 0.377 e. The van der Waals surface area contributed by atoms with Gasteiger partial charge in [-0.1, -0.05) is 12.1 Å². The Morgan fingerprint density at radius 3 is 2.74 bits per heavy atom. The number of aryl methyl sites for hydroxylation is 1. The summed E-state index contributed by atoms with van der Waals surface area (Å²) < 4.78 is 32.5. The number of benzene rings is 1. The van der Waals surface area contributed by atoms with E-state index < -0.39 is 14.6 Å². The molecule has 2 atom stereocenters. The molecule has 9 heteroatoms. The van der Waals surface area contributed by atoms with Crippen molar-refractivity contribution in [1.82, 2.24) is 19.5 Å². The summed E-state index contributed by atoms with van der Waals surface area (Å²) in [5, 5.41) is 0. The van der Waals surface area contributed by atoms with E-state index in [2.05, 4.69) is 16.8 Å². The zero-order valence-electron chi connectivity index (χ0n) is 18.1. The Labute approximate surface area is 182 Å². The monoisotopic (exact) mass is 441 g/mol. The highest BCUT2D eigenvalue weighted by atomic mass is 32.2. The number of aromatic nitrogens is 4. The van der Waals surface area contributed by atoms with Crippen molar-refractivity contribution in [3.05, 3.63) is 41.9 Å². The topological polar surface area (TPSA) is 90.2 Å². The van der Waals surface area contributed by atoms with E-state index in [1.165, 1.54) is 0 Å². The second kappa shape index (κ2) is 7.27. The van der Waals surface area contributed by atoms with Gasteiger partial charge in [-0.2, -0.15) is 4.98 Å². The summed E-state index contributed by atoms with van der Waals surface area (Å²) in [6, 6.07) is 9.84. The van der Waals surface area contributed by atoms with Crippen molar-refractivity contribution in [1.29, 1.82) is 0 Å². The zero-order chi connectivity index (χ0) is 21.8. The van der Waals surface area contributed by atoms with Crippen LogP contribution in [-0.2, 0) is 19.3 Å². The van der Waals surface area contributed by atoms with Gasteiger partial charge >= 0.3 is 0 Å². The third kappa shape index (κ3) is 3.22. The zero-order valence-corrected chi connectivity index (χ0v) is 18.9. The molecule has 31 heavy (non-hydrogen) atoms. The Kier molecular flexibility index (Phi) is 4.78. The van der Waals surface area contributed by atoms with Gasteiger partial charge in [0.2, 0.25) is 5.95 Å². The molecule has 0 bridgehead atoms. The number of sulfone groups is 1. The third-order valence-corrected chi connectivity index (χ3v) is 9.20. The predicted octanol–water partition coefficient (Wildman–Crippen LogP) is 2.77.